The molecule has 1 amide bonds. The van der Waals surface area contributed by atoms with Crippen LogP contribution in [0.1, 0.15) is 12.8 Å². The standard InChI is InChI=1S/C9H11NO3/c1-10-5-2-3-6(9(12)13)7(4-5)8(10)11/h3,5,7H,2,4H2,1H3,(H,12,13)/t5-,7-/m0/s1. The van der Waals surface area contributed by atoms with Crippen molar-refractivity contribution in [2.45, 2.75) is 18.9 Å². The zero-order chi connectivity index (χ0) is 9.59. The normalized spacial score (nSPS) is 31.9. The van der Waals surface area contributed by atoms with Gasteiger partial charge in [-0.1, -0.05) is 6.08 Å². The van der Waals surface area contributed by atoms with Crippen molar-refractivity contribution in [3.63, 3.8) is 0 Å². The zero-order valence-corrected chi connectivity index (χ0v) is 7.36. The molecule has 0 aromatic rings. The van der Waals surface area contributed by atoms with Crippen LogP contribution in [-0.4, -0.2) is 35.0 Å². The van der Waals surface area contributed by atoms with Gasteiger partial charge in [0.1, 0.15) is 0 Å². The minimum absolute atomic E-state index is 0.0452. The molecule has 0 spiro atoms. The second-order valence-electron chi connectivity index (χ2n) is 3.59. The average molecular weight is 181 g/mol. The number of nitrogens with zero attached hydrogens (tertiary/aromatic N) is 1. The predicted molar refractivity (Wildman–Crippen MR) is 45.0 cm³/mol. The van der Waals surface area contributed by atoms with Gasteiger partial charge in [0, 0.05) is 18.7 Å². The number of fused-ring (bicyclic) bond motifs is 2. The van der Waals surface area contributed by atoms with Crippen LogP contribution in [-0.2, 0) is 9.59 Å². The maximum atomic E-state index is 11.5. The van der Waals surface area contributed by atoms with E-state index in [4.69, 9.17) is 5.11 Å². The third kappa shape index (κ3) is 1.05. The number of hydrogen-bond acceptors (Lipinski definition) is 2. The summed E-state index contributed by atoms with van der Waals surface area (Å²) in [6.07, 6.45) is 3.04. The summed E-state index contributed by atoms with van der Waals surface area (Å²) >= 11 is 0. The highest BCUT2D eigenvalue weighted by atomic mass is 16.4. The van der Waals surface area contributed by atoms with E-state index in [0.717, 1.165) is 0 Å². The summed E-state index contributed by atoms with van der Waals surface area (Å²) in [4.78, 5) is 23.9. The highest BCUT2D eigenvalue weighted by molar-refractivity contribution is 5.97. The molecule has 2 bridgehead atoms. The molecular weight excluding hydrogens is 170 g/mol. The molecule has 2 aliphatic rings. The maximum Gasteiger partial charge on any atom is 0.332 e. The van der Waals surface area contributed by atoms with Gasteiger partial charge in [-0.05, 0) is 12.8 Å². The average Bonchev–Trinajstić information content (AvgIpc) is 2.32. The largest absolute Gasteiger partial charge is 0.478 e. The molecule has 4 heteroatoms. The van der Waals surface area contributed by atoms with Gasteiger partial charge in [0.2, 0.25) is 5.91 Å². The van der Waals surface area contributed by atoms with E-state index in [-0.39, 0.29) is 23.4 Å². The molecule has 0 aromatic carbocycles. The predicted octanol–water partition coefficient (Wildman–Crippen LogP) is 0.248. The fourth-order valence-corrected chi connectivity index (χ4v) is 2.11. The lowest BCUT2D eigenvalue weighted by atomic mass is 9.89. The van der Waals surface area contributed by atoms with Crippen molar-refractivity contribution in [1.82, 2.24) is 4.90 Å². The van der Waals surface area contributed by atoms with E-state index in [1.54, 1.807) is 18.0 Å². The summed E-state index contributed by atoms with van der Waals surface area (Å²) in [7, 11) is 1.74. The summed E-state index contributed by atoms with van der Waals surface area (Å²) in [6, 6.07) is 0.223. The van der Waals surface area contributed by atoms with E-state index < -0.39 is 5.97 Å². The molecule has 13 heavy (non-hydrogen) atoms. The first-order valence-corrected chi connectivity index (χ1v) is 4.31. The fourth-order valence-electron chi connectivity index (χ4n) is 2.11. The first-order valence-electron chi connectivity index (χ1n) is 4.31. The van der Waals surface area contributed by atoms with Crippen molar-refractivity contribution >= 4 is 11.9 Å². The van der Waals surface area contributed by atoms with Crippen molar-refractivity contribution in [3.05, 3.63) is 11.6 Å². The third-order valence-corrected chi connectivity index (χ3v) is 2.93. The molecule has 1 fully saturated rings. The van der Waals surface area contributed by atoms with E-state index in [9.17, 15) is 9.59 Å². The van der Waals surface area contributed by atoms with Crippen LogP contribution in [0.4, 0.5) is 0 Å². The van der Waals surface area contributed by atoms with Crippen molar-refractivity contribution in [1.29, 1.82) is 0 Å². The van der Waals surface area contributed by atoms with Gasteiger partial charge in [-0.3, -0.25) is 4.79 Å². The van der Waals surface area contributed by atoms with E-state index in [1.165, 1.54) is 0 Å². The first kappa shape index (κ1) is 8.29. The molecule has 1 saturated heterocycles. The Morgan fingerprint density at radius 2 is 2.38 bits per heavy atom. The number of aliphatic carboxylic acids is 1. The Balaban J connectivity index is 2.33. The summed E-state index contributed by atoms with van der Waals surface area (Å²) in [5.74, 6) is -1.38. The molecule has 70 valence electrons. The number of carbonyl (C=O) groups excluding carboxylic acids is 1. The molecule has 0 saturated carbocycles. The lowest BCUT2D eigenvalue weighted by Gasteiger charge is -2.18. The summed E-state index contributed by atoms with van der Waals surface area (Å²) in [5, 5.41) is 8.82. The summed E-state index contributed by atoms with van der Waals surface area (Å²) in [6.45, 7) is 0. The topological polar surface area (TPSA) is 57.6 Å². The lowest BCUT2D eigenvalue weighted by molar-refractivity contribution is -0.136. The number of amides is 1. The molecule has 1 heterocycles. The third-order valence-electron chi connectivity index (χ3n) is 2.93. The minimum Gasteiger partial charge on any atom is -0.478 e. The van der Waals surface area contributed by atoms with Gasteiger partial charge >= 0.3 is 5.97 Å². The maximum absolute atomic E-state index is 11.5. The van der Waals surface area contributed by atoms with E-state index >= 15 is 0 Å². The van der Waals surface area contributed by atoms with Crippen LogP contribution in [0, 0.1) is 5.92 Å². The van der Waals surface area contributed by atoms with Gasteiger partial charge in [-0.15, -0.1) is 0 Å². The van der Waals surface area contributed by atoms with Crippen molar-refractivity contribution in [2.75, 3.05) is 7.05 Å². The second kappa shape index (κ2) is 2.58. The Labute approximate surface area is 75.8 Å². The van der Waals surface area contributed by atoms with Crippen molar-refractivity contribution < 1.29 is 14.7 Å². The van der Waals surface area contributed by atoms with Crippen LogP contribution in [0.25, 0.3) is 0 Å². The minimum atomic E-state index is -0.952. The Morgan fingerprint density at radius 3 is 3.00 bits per heavy atom. The van der Waals surface area contributed by atoms with Gasteiger partial charge in [-0.2, -0.15) is 0 Å². The van der Waals surface area contributed by atoms with Crippen LogP contribution in [0.2, 0.25) is 0 Å². The smallest absolute Gasteiger partial charge is 0.332 e. The second-order valence-corrected chi connectivity index (χ2v) is 3.59. The van der Waals surface area contributed by atoms with Gasteiger partial charge in [0.05, 0.1) is 5.92 Å². The number of carboxylic acids is 1. The monoisotopic (exact) mass is 181 g/mol. The Hall–Kier alpha value is -1.32. The Bertz CT molecular complexity index is 308. The van der Waals surface area contributed by atoms with E-state index in [1.807, 2.05) is 0 Å². The number of carboxylic acid groups (broad SMARTS) is 1. The highest BCUT2D eigenvalue weighted by Crippen LogP contribution is 2.35. The fraction of sp³-hybridized carbons (Fsp3) is 0.556. The van der Waals surface area contributed by atoms with Crippen LogP contribution < -0.4 is 0 Å². The molecule has 1 aliphatic carbocycles. The first-order chi connectivity index (χ1) is 6.11. The number of rotatable bonds is 1. The molecule has 0 aromatic heterocycles. The molecule has 4 nitrogen and oxygen atoms in total. The molecule has 2 rings (SSSR count). The molecule has 2 atom stereocenters. The van der Waals surface area contributed by atoms with Crippen LogP contribution in [0.3, 0.4) is 0 Å². The molecule has 1 aliphatic heterocycles. The number of hydrogen-bond donors (Lipinski definition) is 1. The van der Waals surface area contributed by atoms with Crippen molar-refractivity contribution in [2.24, 2.45) is 5.92 Å². The van der Waals surface area contributed by atoms with Crippen LogP contribution in [0.5, 0.6) is 0 Å². The van der Waals surface area contributed by atoms with Gasteiger partial charge in [0.25, 0.3) is 0 Å². The Kier molecular flexibility index (Phi) is 1.65. The van der Waals surface area contributed by atoms with Gasteiger partial charge in [-0.25, -0.2) is 4.79 Å². The van der Waals surface area contributed by atoms with Gasteiger partial charge in [0.15, 0.2) is 0 Å². The van der Waals surface area contributed by atoms with Crippen LogP contribution in [0.15, 0.2) is 11.6 Å². The van der Waals surface area contributed by atoms with Crippen molar-refractivity contribution in [3.8, 4) is 0 Å². The zero-order valence-electron chi connectivity index (χ0n) is 7.36. The van der Waals surface area contributed by atoms with Crippen LogP contribution >= 0.6 is 0 Å². The molecule has 0 radical (unpaired) electrons. The number of likely N-dealkylation sites (tertiary alicyclic amines) is 1. The van der Waals surface area contributed by atoms with E-state index in [0.29, 0.717) is 12.8 Å². The van der Waals surface area contributed by atoms with E-state index in [2.05, 4.69) is 0 Å². The summed E-state index contributed by atoms with van der Waals surface area (Å²) < 4.78 is 0. The Morgan fingerprint density at radius 1 is 1.69 bits per heavy atom. The summed E-state index contributed by atoms with van der Waals surface area (Å²) in [5.41, 5.74) is 0.283. The SMILES string of the molecule is CN1C(=O)[C@H]2C[C@@H]1CC=C2C(=O)O. The molecule has 0 unspecified atom stereocenters. The van der Waals surface area contributed by atoms with Gasteiger partial charge < -0.3 is 10.0 Å². The molecular formula is C9H11NO3. The highest BCUT2D eigenvalue weighted by Gasteiger charge is 2.43. The number of carbonyl (C=O) groups is 2. The molecule has 1 N–H and O–H groups in total. The lowest BCUT2D eigenvalue weighted by Crippen LogP contribution is -2.28. The quantitative estimate of drug-likeness (QED) is 0.630.